The molecule has 1 N–H and O–H groups in total. The number of nitrogens with one attached hydrogen (secondary N) is 1. The van der Waals surface area contributed by atoms with Crippen molar-refractivity contribution in [2.75, 3.05) is 44.2 Å². The predicted octanol–water partition coefficient (Wildman–Crippen LogP) is 2.64. The number of carbonyl (C=O) groups is 3. The van der Waals surface area contributed by atoms with Gasteiger partial charge >= 0.3 is 5.97 Å². The second-order valence-electron chi connectivity index (χ2n) is 7.05. The lowest BCUT2D eigenvalue weighted by Gasteiger charge is -2.17. The summed E-state index contributed by atoms with van der Waals surface area (Å²) >= 11 is 0. The molecular formula is C23H26N2O7. The fraction of sp³-hybridized carbons (Fsp3) is 0.348. The number of ether oxygens (including phenoxy) is 4. The Bertz CT molecular complexity index is 975. The van der Waals surface area contributed by atoms with Gasteiger partial charge in [0.1, 0.15) is 17.2 Å². The minimum atomic E-state index is -0.645. The second kappa shape index (κ2) is 10.5. The summed E-state index contributed by atoms with van der Waals surface area (Å²) in [5, 5.41) is 2.63. The van der Waals surface area contributed by atoms with E-state index in [1.807, 2.05) is 6.92 Å². The van der Waals surface area contributed by atoms with Crippen LogP contribution in [-0.2, 0) is 19.1 Å². The molecule has 2 aromatic rings. The number of methoxy groups -OCH3 is 2. The molecule has 32 heavy (non-hydrogen) atoms. The normalized spacial score (nSPS) is 15.3. The fourth-order valence-corrected chi connectivity index (χ4v) is 3.36. The van der Waals surface area contributed by atoms with Crippen LogP contribution in [0.25, 0.3) is 0 Å². The average Bonchev–Trinajstić information content (AvgIpc) is 3.19. The SMILES string of the molecule is CCOc1ccc(N2C[C@@H](C(=O)OCC(=O)Nc3cc(OC)ccc3OC)CC2=O)cc1. The van der Waals surface area contributed by atoms with E-state index in [-0.39, 0.29) is 18.9 Å². The van der Waals surface area contributed by atoms with Crippen LogP contribution in [0.5, 0.6) is 17.2 Å². The third-order valence-electron chi connectivity index (χ3n) is 4.94. The van der Waals surface area contributed by atoms with E-state index in [2.05, 4.69) is 5.32 Å². The number of hydrogen-bond donors (Lipinski definition) is 1. The average molecular weight is 442 g/mol. The van der Waals surface area contributed by atoms with Crippen molar-refractivity contribution in [1.82, 2.24) is 0 Å². The number of esters is 1. The molecule has 0 bridgehead atoms. The highest BCUT2D eigenvalue weighted by Crippen LogP contribution is 2.29. The van der Waals surface area contributed by atoms with Crippen LogP contribution in [0.15, 0.2) is 42.5 Å². The molecule has 0 unspecified atom stereocenters. The molecule has 1 aliphatic heterocycles. The van der Waals surface area contributed by atoms with Gasteiger partial charge in [0.2, 0.25) is 5.91 Å². The van der Waals surface area contributed by atoms with E-state index in [4.69, 9.17) is 18.9 Å². The zero-order chi connectivity index (χ0) is 23.1. The van der Waals surface area contributed by atoms with Crippen molar-refractivity contribution in [2.45, 2.75) is 13.3 Å². The van der Waals surface area contributed by atoms with Gasteiger partial charge in [-0.05, 0) is 43.3 Å². The Hall–Kier alpha value is -3.75. The summed E-state index contributed by atoms with van der Waals surface area (Å²) in [5.41, 5.74) is 1.07. The molecule has 1 atom stereocenters. The van der Waals surface area contributed by atoms with Gasteiger partial charge in [0.25, 0.3) is 5.91 Å². The van der Waals surface area contributed by atoms with E-state index in [1.54, 1.807) is 42.5 Å². The van der Waals surface area contributed by atoms with Crippen LogP contribution in [0.3, 0.4) is 0 Å². The lowest BCUT2D eigenvalue weighted by molar-refractivity contribution is -0.151. The molecule has 1 aliphatic rings. The van der Waals surface area contributed by atoms with Crippen LogP contribution in [0.1, 0.15) is 13.3 Å². The van der Waals surface area contributed by atoms with Crippen LogP contribution in [0.2, 0.25) is 0 Å². The molecule has 0 aromatic heterocycles. The molecule has 1 saturated heterocycles. The Labute approximate surface area is 186 Å². The van der Waals surface area contributed by atoms with E-state index >= 15 is 0 Å². The minimum Gasteiger partial charge on any atom is -0.497 e. The number of amides is 2. The van der Waals surface area contributed by atoms with Crippen molar-refractivity contribution in [3.63, 3.8) is 0 Å². The minimum absolute atomic E-state index is 0.0252. The third kappa shape index (κ3) is 5.48. The van der Waals surface area contributed by atoms with Crippen LogP contribution >= 0.6 is 0 Å². The van der Waals surface area contributed by atoms with Crippen molar-refractivity contribution in [2.24, 2.45) is 5.92 Å². The maximum Gasteiger partial charge on any atom is 0.311 e. The Morgan fingerprint density at radius 2 is 1.78 bits per heavy atom. The van der Waals surface area contributed by atoms with Gasteiger partial charge in [-0.15, -0.1) is 0 Å². The summed E-state index contributed by atoms with van der Waals surface area (Å²) in [4.78, 5) is 38.6. The zero-order valence-corrected chi connectivity index (χ0v) is 18.3. The third-order valence-corrected chi connectivity index (χ3v) is 4.94. The highest BCUT2D eigenvalue weighted by Gasteiger charge is 2.36. The number of nitrogens with zero attached hydrogens (tertiary/aromatic N) is 1. The standard InChI is InChI=1S/C23H26N2O7/c1-4-31-17-7-5-16(6-8-17)25-13-15(11-22(25)27)23(28)32-14-21(26)24-19-12-18(29-2)9-10-20(19)30-3/h5-10,12,15H,4,11,13-14H2,1-3H3,(H,24,26)/t15-/m0/s1. The van der Waals surface area contributed by atoms with Crippen molar-refractivity contribution < 1.29 is 33.3 Å². The number of carbonyl (C=O) groups excluding carboxylic acids is 3. The summed E-state index contributed by atoms with van der Waals surface area (Å²) in [6, 6.07) is 12.0. The summed E-state index contributed by atoms with van der Waals surface area (Å²) in [6.45, 7) is 2.15. The molecule has 1 fully saturated rings. The van der Waals surface area contributed by atoms with Gasteiger partial charge in [0.05, 0.1) is 32.4 Å². The molecular weight excluding hydrogens is 416 g/mol. The molecule has 170 valence electrons. The lowest BCUT2D eigenvalue weighted by Crippen LogP contribution is -2.28. The van der Waals surface area contributed by atoms with Crippen LogP contribution in [0, 0.1) is 5.92 Å². The number of anilines is 2. The van der Waals surface area contributed by atoms with Crippen molar-refractivity contribution in [3.05, 3.63) is 42.5 Å². The second-order valence-corrected chi connectivity index (χ2v) is 7.05. The zero-order valence-electron chi connectivity index (χ0n) is 18.3. The summed E-state index contributed by atoms with van der Waals surface area (Å²) in [6.07, 6.45) is 0.0252. The van der Waals surface area contributed by atoms with Crippen molar-refractivity contribution >= 4 is 29.2 Å². The van der Waals surface area contributed by atoms with E-state index in [0.717, 1.165) is 0 Å². The van der Waals surface area contributed by atoms with Gasteiger partial charge in [-0.25, -0.2) is 0 Å². The molecule has 0 radical (unpaired) electrons. The maximum absolute atomic E-state index is 12.4. The van der Waals surface area contributed by atoms with Crippen molar-refractivity contribution in [3.8, 4) is 17.2 Å². The molecule has 2 aromatic carbocycles. The van der Waals surface area contributed by atoms with E-state index < -0.39 is 24.4 Å². The van der Waals surface area contributed by atoms with E-state index in [9.17, 15) is 14.4 Å². The summed E-state index contributed by atoms with van der Waals surface area (Å²) in [7, 11) is 2.99. The first-order chi connectivity index (χ1) is 15.4. The maximum atomic E-state index is 12.4. The molecule has 0 spiro atoms. The van der Waals surface area contributed by atoms with E-state index in [0.29, 0.717) is 35.2 Å². The molecule has 0 saturated carbocycles. The van der Waals surface area contributed by atoms with Gasteiger partial charge in [0.15, 0.2) is 6.61 Å². The first-order valence-corrected chi connectivity index (χ1v) is 10.2. The summed E-state index contributed by atoms with van der Waals surface area (Å²) in [5.74, 6) is -0.264. The highest BCUT2D eigenvalue weighted by atomic mass is 16.5. The molecule has 0 aliphatic carbocycles. The molecule has 3 rings (SSSR count). The number of benzene rings is 2. The van der Waals surface area contributed by atoms with Crippen LogP contribution < -0.4 is 24.4 Å². The topological polar surface area (TPSA) is 103 Å². The molecule has 2 amide bonds. The largest absolute Gasteiger partial charge is 0.497 e. The molecule has 9 heteroatoms. The first kappa shape index (κ1) is 22.9. The van der Waals surface area contributed by atoms with Gasteiger partial charge in [-0.1, -0.05) is 0 Å². The van der Waals surface area contributed by atoms with Gasteiger partial charge in [0, 0.05) is 24.7 Å². The smallest absolute Gasteiger partial charge is 0.311 e. The summed E-state index contributed by atoms with van der Waals surface area (Å²) < 4.78 is 20.9. The Morgan fingerprint density at radius 1 is 1.06 bits per heavy atom. The highest BCUT2D eigenvalue weighted by molar-refractivity contribution is 6.00. The van der Waals surface area contributed by atoms with Gasteiger partial charge in [-0.3, -0.25) is 14.4 Å². The fourth-order valence-electron chi connectivity index (χ4n) is 3.36. The predicted molar refractivity (Wildman–Crippen MR) is 117 cm³/mol. The van der Waals surface area contributed by atoms with Crippen LogP contribution in [-0.4, -0.2) is 51.8 Å². The quantitative estimate of drug-likeness (QED) is 0.596. The monoisotopic (exact) mass is 442 g/mol. The number of hydrogen-bond acceptors (Lipinski definition) is 7. The lowest BCUT2D eigenvalue weighted by atomic mass is 10.1. The Kier molecular flexibility index (Phi) is 7.54. The van der Waals surface area contributed by atoms with Crippen molar-refractivity contribution in [1.29, 1.82) is 0 Å². The number of rotatable bonds is 9. The Morgan fingerprint density at radius 3 is 2.44 bits per heavy atom. The Balaban J connectivity index is 1.54. The molecule has 1 heterocycles. The molecule has 9 nitrogen and oxygen atoms in total. The van der Waals surface area contributed by atoms with Gasteiger partial charge in [-0.2, -0.15) is 0 Å². The van der Waals surface area contributed by atoms with E-state index in [1.165, 1.54) is 19.1 Å². The first-order valence-electron chi connectivity index (χ1n) is 10.2. The van der Waals surface area contributed by atoms with Crippen LogP contribution in [0.4, 0.5) is 11.4 Å². The van der Waals surface area contributed by atoms with Gasteiger partial charge < -0.3 is 29.2 Å².